The standard InChI is InChI=1S/C34H28ClN3O4/c35-23-6-8-24(9-7-23)36-31-26-2-1-3-27-30(26)28(15-29(31)38(41)42)33(40)37(32(27)39)25-10-4-22(5-11-25)34-16-19-12-20(17-34)14-21(13-19)18-34/h1-11,15,19-21,36H,12-14,16-18H2. The Morgan fingerprint density at radius 2 is 1.45 bits per heavy atom. The molecule has 1 heterocycles. The maximum absolute atomic E-state index is 14.0. The van der Waals surface area contributed by atoms with E-state index in [1.165, 1.54) is 50.2 Å². The molecule has 0 radical (unpaired) electrons. The van der Waals surface area contributed by atoms with Crippen molar-refractivity contribution in [2.45, 2.75) is 43.9 Å². The first-order valence-corrected chi connectivity index (χ1v) is 14.9. The average molecular weight is 578 g/mol. The minimum atomic E-state index is -0.563. The number of halogens is 1. The average Bonchev–Trinajstić information content (AvgIpc) is 2.97. The van der Waals surface area contributed by atoms with Crippen molar-refractivity contribution in [1.29, 1.82) is 0 Å². The molecule has 0 atom stereocenters. The van der Waals surface area contributed by atoms with E-state index in [-0.39, 0.29) is 22.4 Å². The topological polar surface area (TPSA) is 92.5 Å². The number of benzene rings is 4. The largest absolute Gasteiger partial charge is 0.349 e. The first-order valence-electron chi connectivity index (χ1n) is 14.6. The number of hydrogen-bond donors (Lipinski definition) is 1. The smallest absolute Gasteiger partial charge is 0.294 e. The lowest BCUT2D eigenvalue weighted by Crippen LogP contribution is -2.48. The molecule has 4 aromatic carbocycles. The third kappa shape index (κ3) is 3.79. The fraction of sp³-hybridized carbons (Fsp3) is 0.294. The maximum Gasteiger partial charge on any atom is 0.294 e. The van der Waals surface area contributed by atoms with Crippen molar-refractivity contribution in [3.63, 3.8) is 0 Å². The Hall–Kier alpha value is -4.23. The van der Waals surface area contributed by atoms with Gasteiger partial charge in [0.1, 0.15) is 5.69 Å². The third-order valence-electron chi connectivity index (χ3n) is 10.1. The third-order valence-corrected chi connectivity index (χ3v) is 10.3. The van der Waals surface area contributed by atoms with E-state index in [2.05, 4.69) is 17.4 Å². The summed E-state index contributed by atoms with van der Waals surface area (Å²) in [5.74, 6) is 1.44. The van der Waals surface area contributed by atoms with Gasteiger partial charge in [0.15, 0.2) is 0 Å². The molecular formula is C34H28ClN3O4. The number of nitrogens with one attached hydrogen (secondary N) is 1. The van der Waals surface area contributed by atoms with Gasteiger partial charge in [0.2, 0.25) is 0 Å². The molecule has 210 valence electrons. The van der Waals surface area contributed by atoms with E-state index in [9.17, 15) is 19.7 Å². The molecule has 4 fully saturated rings. The predicted octanol–water partition coefficient (Wildman–Crippen LogP) is 8.41. The summed E-state index contributed by atoms with van der Waals surface area (Å²) < 4.78 is 0. The monoisotopic (exact) mass is 577 g/mol. The van der Waals surface area contributed by atoms with Crippen LogP contribution in [0.1, 0.15) is 64.8 Å². The van der Waals surface area contributed by atoms with E-state index < -0.39 is 16.7 Å². The van der Waals surface area contributed by atoms with Crippen LogP contribution in [0.3, 0.4) is 0 Å². The molecule has 0 aromatic heterocycles. The highest BCUT2D eigenvalue weighted by Crippen LogP contribution is 2.60. The Kier molecular flexibility index (Phi) is 5.54. The molecular weight excluding hydrogens is 550 g/mol. The van der Waals surface area contributed by atoms with Crippen molar-refractivity contribution >= 4 is 56.9 Å². The van der Waals surface area contributed by atoms with Crippen LogP contribution < -0.4 is 10.2 Å². The van der Waals surface area contributed by atoms with Gasteiger partial charge in [-0.2, -0.15) is 0 Å². The summed E-state index contributed by atoms with van der Waals surface area (Å²) in [6.45, 7) is 0. The minimum absolute atomic E-state index is 0.138. The second kappa shape index (κ2) is 9.13. The fourth-order valence-electron chi connectivity index (χ4n) is 8.77. The summed E-state index contributed by atoms with van der Waals surface area (Å²) in [5, 5.41) is 16.8. The van der Waals surface area contributed by atoms with Crippen molar-refractivity contribution in [1.82, 2.24) is 0 Å². The van der Waals surface area contributed by atoms with Gasteiger partial charge < -0.3 is 5.32 Å². The molecule has 1 aliphatic heterocycles. The molecule has 4 bridgehead atoms. The van der Waals surface area contributed by atoms with Gasteiger partial charge in [-0.25, -0.2) is 4.90 Å². The van der Waals surface area contributed by atoms with Crippen molar-refractivity contribution in [2.24, 2.45) is 17.8 Å². The van der Waals surface area contributed by atoms with Crippen molar-refractivity contribution in [3.8, 4) is 0 Å². The van der Waals surface area contributed by atoms with Gasteiger partial charge in [-0.3, -0.25) is 19.7 Å². The van der Waals surface area contributed by atoms with Gasteiger partial charge in [0, 0.05) is 33.1 Å². The summed E-state index contributed by atoms with van der Waals surface area (Å²) in [7, 11) is 0. The van der Waals surface area contributed by atoms with E-state index in [0.29, 0.717) is 32.7 Å². The zero-order valence-corrected chi connectivity index (χ0v) is 23.6. The Morgan fingerprint density at radius 1 is 0.833 bits per heavy atom. The van der Waals surface area contributed by atoms with Crippen LogP contribution in [0.25, 0.3) is 10.8 Å². The Labute approximate surface area is 247 Å². The number of nitrogens with zero attached hydrogens (tertiary/aromatic N) is 2. The number of hydrogen-bond acceptors (Lipinski definition) is 5. The highest BCUT2D eigenvalue weighted by molar-refractivity contribution is 6.37. The number of carbonyl (C=O) groups excluding carboxylic acids is 2. The lowest BCUT2D eigenvalue weighted by molar-refractivity contribution is -0.383. The number of rotatable bonds is 5. The van der Waals surface area contributed by atoms with E-state index in [1.54, 1.807) is 42.5 Å². The quantitative estimate of drug-likeness (QED) is 0.146. The van der Waals surface area contributed by atoms with Gasteiger partial charge in [0.05, 0.1) is 16.2 Å². The van der Waals surface area contributed by atoms with E-state index in [0.717, 1.165) is 22.7 Å². The Balaban J connectivity index is 1.19. The normalized spacial score (nSPS) is 25.7. The highest BCUT2D eigenvalue weighted by Gasteiger charge is 2.51. The van der Waals surface area contributed by atoms with Crippen molar-refractivity contribution < 1.29 is 14.5 Å². The second-order valence-corrected chi connectivity index (χ2v) is 13.1. The van der Waals surface area contributed by atoms with Crippen LogP contribution in [-0.4, -0.2) is 16.7 Å². The molecule has 0 saturated heterocycles. The highest BCUT2D eigenvalue weighted by atomic mass is 35.5. The fourth-order valence-corrected chi connectivity index (χ4v) is 8.89. The molecule has 8 heteroatoms. The van der Waals surface area contributed by atoms with Crippen LogP contribution in [-0.2, 0) is 5.41 Å². The number of nitro groups is 1. The van der Waals surface area contributed by atoms with Crippen LogP contribution in [0.15, 0.2) is 72.8 Å². The summed E-state index contributed by atoms with van der Waals surface area (Å²) in [6, 6.07) is 21.1. The molecule has 0 spiro atoms. The number of nitro benzene ring substituents is 1. The zero-order chi connectivity index (χ0) is 28.7. The summed E-state index contributed by atoms with van der Waals surface area (Å²) in [6.07, 6.45) is 7.77. The molecule has 4 aliphatic carbocycles. The van der Waals surface area contributed by atoms with Crippen LogP contribution in [0, 0.1) is 27.9 Å². The zero-order valence-electron chi connectivity index (χ0n) is 22.8. The van der Waals surface area contributed by atoms with Crippen LogP contribution >= 0.6 is 11.6 Å². The van der Waals surface area contributed by atoms with E-state index in [4.69, 9.17) is 11.6 Å². The van der Waals surface area contributed by atoms with Gasteiger partial charge >= 0.3 is 0 Å². The molecule has 7 nitrogen and oxygen atoms in total. The lowest BCUT2D eigenvalue weighted by atomic mass is 9.48. The molecule has 5 aliphatic rings. The van der Waals surface area contributed by atoms with Crippen LogP contribution in [0.5, 0.6) is 0 Å². The van der Waals surface area contributed by atoms with Gasteiger partial charge in [-0.05, 0) is 110 Å². The summed E-state index contributed by atoms with van der Waals surface area (Å²) >= 11 is 6.02. The lowest BCUT2D eigenvalue weighted by Gasteiger charge is -2.57. The Bertz CT molecular complexity index is 1780. The molecule has 2 amide bonds. The first kappa shape index (κ1) is 25.5. The number of imide groups is 1. The number of amides is 2. The minimum Gasteiger partial charge on any atom is -0.349 e. The molecule has 42 heavy (non-hydrogen) atoms. The molecule has 1 N–H and O–H groups in total. The predicted molar refractivity (Wildman–Crippen MR) is 163 cm³/mol. The van der Waals surface area contributed by atoms with Gasteiger partial charge in [-0.15, -0.1) is 0 Å². The molecule has 4 aromatic rings. The second-order valence-electron chi connectivity index (χ2n) is 12.6. The van der Waals surface area contributed by atoms with Gasteiger partial charge in [0.25, 0.3) is 17.5 Å². The van der Waals surface area contributed by atoms with E-state index in [1.807, 2.05) is 12.1 Å². The molecule has 0 unspecified atom stereocenters. The van der Waals surface area contributed by atoms with Crippen molar-refractivity contribution in [3.05, 3.63) is 105 Å². The molecule has 9 rings (SSSR count). The first-order chi connectivity index (χ1) is 20.3. The molecule has 4 saturated carbocycles. The summed E-state index contributed by atoms with van der Waals surface area (Å²) in [4.78, 5) is 40.7. The maximum atomic E-state index is 14.0. The van der Waals surface area contributed by atoms with Crippen LogP contribution in [0.2, 0.25) is 5.02 Å². The number of anilines is 3. The van der Waals surface area contributed by atoms with Gasteiger partial charge in [-0.1, -0.05) is 35.9 Å². The number of carbonyl (C=O) groups is 2. The van der Waals surface area contributed by atoms with Crippen LogP contribution in [0.4, 0.5) is 22.7 Å². The van der Waals surface area contributed by atoms with Crippen molar-refractivity contribution in [2.75, 3.05) is 10.2 Å². The Morgan fingerprint density at radius 3 is 2.07 bits per heavy atom. The SMILES string of the molecule is O=C1c2cccc3c(Nc4ccc(Cl)cc4)c([N+](=O)[O-])cc(c23)C(=O)N1c1ccc(C23CC4CC(CC(C4)C2)C3)cc1. The summed E-state index contributed by atoms with van der Waals surface area (Å²) in [5.41, 5.74) is 3.03. The van der Waals surface area contributed by atoms with E-state index >= 15 is 0 Å².